The van der Waals surface area contributed by atoms with Crippen molar-refractivity contribution >= 4 is 23.4 Å². The number of anilines is 1. The number of carbonyl (C=O) groups excluding carboxylic acids is 1. The van der Waals surface area contributed by atoms with Crippen LogP contribution in [0.4, 0.5) is 5.69 Å². The lowest BCUT2D eigenvalue weighted by atomic mass is 10.2. The Morgan fingerprint density at radius 1 is 1.25 bits per heavy atom. The van der Waals surface area contributed by atoms with Crippen molar-refractivity contribution in [3.63, 3.8) is 0 Å². The van der Waals surface area contributed by atoms with Crippen LogP contribution < -0.4 is 19.5 Å². The number of allylic oxidation sites excluding steroid dienone is 1. The van der Waals surface area contributed by atoms with Crippen molar-refractivity contribution in [2.45, 2.75) is 23.9 Å². The summed E-state index contributed by atoms with van der Waals surface area (Å²) >= 11 is 1.33. The lowest BCUT2D eigenvalue weighted by Gasteiger charge is -2.19. The van der Waals surface area contributed by atoms with Crippen molar-refractivity contribution in [1.29, 1.82) is 0 Å². The van der Waals surface area contributed by atoms with Crippen LogP contribution in [0.5, 0.6) is 17.2 Å². The Balaban J connectivity index is 1.51. The number of nitrogens with zero attached hydrogens (tertiary/aromatic N) is 3. The molecule has 0 saturated carbocycles. The van der Waals surface area contributed by atoms with E-state index in [1.54, 1.807) is 31.4 Å². The number of aromatic nitrogens is 3. The van der Waals surface area contributed by atoms with Crippen LogP contribution in [-0.2, 0) is 11.3 Å². The van der Waals surface area contributed by atoms with Crippen LogP contribution in [0.3, 0.4) is 0 Å². The number of fused-ring (bicyclic) bond motifs is 1. The topological polar surface area (TPSA) is 87.5 Å². The molecular weight excluding hydrogens is 428 g/mol. The number of carbonyl (C=O) groups is 1. The molecule has 2 heterocycles. The van der Waals surface area contributed by atoms with E-state index in [0.717, 1.165) is 5.56 Å². The highest BCUT2D eigenvalue weighted by Crippen LogP contribution is 2.34. The molecule has 9 heteroatoms. The number of rotatable bonds is 8. The van der Waals surface area contributed by atoms with Gasteiger partial charge in [0.1, 0.15) is 19.0 Å². The molecule has 1 amide bonds. The van der Waals surface area contributed by atoms with Gasteiger partial charge in [-0.15, -0.1) is 16.8 Å². The van der Waals surface area contributed by atoms with Crippen LogP contribution in [-0.4, -0.2) is 46.2 Å². The average molecular weight is 453 g/mol. The molecular formula is C23H24N4O4S. The van der Waals surface area contributed by atoms with Gasteiger partial charge >= 0.3 is 0 Å². The molecule has 1 unspecified atom stereocenters. The number of hydrogen-bond acceptors (Lipinski definition) is 7. The maximum atomic E-state index is 12.8. The van der Waals surface area contributed by atoms with E-state index in [1.807, 2.05) is 35.8 Å². The lowest BCUT2D eigenvalue weighted by Crippen LogP contribution is -2.23. The monoisotopic (exact) mass is 452 g/mol. The molecule has 1 N–H and O–H groups in total. The highest BCUT2D eigenvalue weighted by atomic mass is 32.2. The summed E-state index contributed by atoms with van der Waals surface area (Å²) < 4.78 is 18.5. The highest BCUT2D eigenvalue weighted by molar-refractivity contribution is 8.00. The van der Waals surface area contributed by atoms with Gasteiger partial charge in [0.25, 0.3) is 0 Å². The van der Waals surface area contributed by atoms with Gasteiger partial charge in [0.15, 0.2) is 22.5 Å². The van der Waals surface area contributed by atoms with E-state index in [4.69, 9.17) is 14.2 Å². The van der Waals surface area contributed by atoms with Crippen LogP contribution in [0.2, 0.25) is 0 Å². The Kier molecular flexibility index (Phi) is 6.65. The first-order valence-corrected chi connectivity index (χ1v) is 11.0. The van der Waals surface area contributed by atoms with E-state index in [-0.39, 0.29) is 5.91 Å². The van der Waals surface area contributed by atoms with Gasteiger partial charge in [0.05, 0.1) is 17.9 Å². The third kappa shape index (κ3) is 4.57. The predicted molar refractivity (Wildman–Crippen MR) is 124 cm³/mol. The quantitative estimate of drug-likeness (QED) is 0.408. The van der Waals surface area contributed by atoms with Gasteiger partial charge in [-0.25, -0.2) is 0 Å². The van der Waals surface area contributed by atoms with E-state index >= 15 is 0 Å². The first-order valence-electron chi connectivity index (χ1n) is 10.2. The fourth-order valence-electron chi connectivity index (χ4n) is 3.27. The van der Waals surface area contributed by atoms with Crippen molar-refractivity contribution in [2.24, 2.45) is 0 Å². The summed E-state index contributed by atoms with van der Waals surface area (Å²) in [6.07, 6.45) is 1.77. The summed E-state index contributed by atoms with van der Waals surface area (Å²) in [5, 5.41) is 11.8. The Bertz CT molecular complexity index is 1130. The van der Waals surface area contributed by atoms with Gasteiger partial charge in [-0.05, 0) is 31.2 Å². The van der Waals surface area contributed by atoms with E-state index in [0.29, 0.717) is 53.7 Å². The van der Waals surface area contributed by atoms with Crippen LogP contribution in [0, 0.1) is 0 Å². The third-order valence-corrected chi connectivity index (χ3v) is 5.92. The average Bonchev–Trinajstić information content (AvgIpc) is 3.21. The molecule has 0 aliphatic carbocycles. The van der Waals surface area contributed by atoms with E-state index < -0.39 is 5.25 Å². The number of nitrogens with one attached hydrogen (secondary N) is 1. The Morgan fingerprint density at radius 3 is 2.81 bits per heavy atom. The van der Waals surface area contributed by atoms with E-state index in [2.05, 4.69) is 22.1 Å². The minimum absolute atomic E-state index is 0.154. The smallest absolute Gasteiger partial charge is 0.237 e. The van der Waals surface area contributed by atoms with Crippen LogP contribution >= 0.6 is 11.8 Å². The molecule has 4 rings (SSSR count). The molecule has 1 aliphatic heterocycles. The third-order valence-electron chi connectivity index (χ3n) is 4.84. The fraction of sp³-hybridized carbons (Fsp3) is 0.261. The summed E-state index contributed by atoms with van der Waals surface area (Å²) in [5.41, 5.74) is 1.47. The van der Waals surface area contributed by atoms with E-state index in [1.165, 1.54) is 11.8 Å². The molecule has 1 aliphatic rings. The molecule has 2 aromatic carbocycles. The molecule has 0 fully saturated rings. The Morgan fingerprint density at radius 2 is 2.03 bits per heavy atom. The summed E-state index contributed by atoms with van der Waals surface area (Å²) in [6, 6.07) is 13.0. The minimum Gasteiger partial charge on any atom is -0.496 e. The first kappa shape index (κ1) is 21.8. The number of thioether (sulfide) groups is 1. The van der Waals surface area contributed by atoms with Gasteiger partial charge in [-0.3, -0.25) is 9.36 Å². The summed E-state index contributed by atoms with van der Waals surface area (Å²) in [4.78, 5) is 12.8. The number of para-hydroxylation sites is 1. The highest BCUT2D eigenvalue weighted by Gasteiger charge is 2.22. The van der Waals surface area contributed by atoms with Crippen molar-refractivity contribution < 1.29 is 19.0 Å². The van der Waals surface area contributed by atoms with Crippen molar-refractivity contribution in [2.75, 3.05) is 25.6 Å². The zero-order valence-electron chi connectivity index (χ0n) is 17.9. The van der Waals surface area contributed by atoms with Gasteiger partial charge in [-0.2, -0.15) is 0 Å². The molecule has 166 valence electrons. The second kappa shape index (κ2) is 9.78. The molecule has 1 atom stereocenters. The zero-order valence-corrected chi connectivity index (χ0v) is 18.7. The van der Waals surface area contributed by atoms with Gasteiger partial charge < -0.3 is 19.5 Å². The molecule has 32 heavy (non-hydrogen) atoms. The number of ether oxygens (including phenoxy) is 3. The lowest BCUT2D eigenvalue weighted by molar-refractivity contribution is -0.115. The molecule has 3 aromatic rings. The summed E-state index contributed by atoms with van der Waals surface area (Å²) in [5.74, 6) is 2.51. The molecule has 8 nitrogen and oxygen atoms in total. The predicted octanol–water partition coefficient (Wildman–Crippen LogP) is 4.03. The van der Waals surface area contributed by atoms with Crippen LogP contribution in [0.1, 0.15) is 6.92 Å². The standard InChI is InChI=1S/C23H24N4O4S/c1-4-11-27-21(17-7-5-6-8-18(17)29-3)25-26-23(27)32-15(2)22(28)24-16-9-10-19-20(14-16)31-13-12-30-19/h4-10,14-15H,1,11-13H2,2-3H3,(H,24,28). The van der Waals surface area contributed by atoms with Crippen molar-refractivity contribution in [1.82, 2.24) is 14.8 Å². The molecule has 0 bridgehead atoms. The first-order chi connectivity index (χ1) is 15.6. The van der Waals surface area contributed by atoms with Gasteiger partial charge in [0.2, 0.25) is 5.91 Å². The molecule has 0 spiro atoms. The number of hydrogen-bond donors (Lipinski definition) is 1. The van der Waals surface area contributed by atoms with Crippen LogP contribution in [0.15, 0.2) is 60.3 Å². The molecule has 0 saturated heterocycles. The molecule has 0 radical (unpaired) electrons. The maximum Gasteiger partial charge on any atom is 0.237 e. The SMILES string of the molecule is C=CCn1c(SC(C)C(=O)Nc2ccc3c(c2)OCCO3)nnc1-c1ccccc1OC. The Hall–Kier alpha value is -3.46. The van der Waals surface area contributed by atoms with Crippen molar-refractivity contribution in [3.05, 3.63) is 55.1 Å². The summed E-state index contributed by atoms with van der Waals surface area (Å²) in [6.45, 7) is 7.18. The Labute approximate surface area is 190 Å². The fourth-order valence-corrected chi connectivity index (χ4v) is 4.13. The second-order valence-electron chi connectivity index (χ2n) is 7.01. The normalized spacial score (nSPS) is 13.3. The number of amides is 1. The van der Waals surface area contributed by atoms with E-state index in [9.17, 15) is 4.79 Å². The number of methoxy groups -OCH3 is 1. The van der Waals surface area contributed by atoms with Gasteiger partial charge in [0, 0.05) is 18.3 Å². The molecule has 1 aromatic heterocycles. The minimum atomic E-state index is -0.415. The van der Waals surface area contributed by atoms with Gasteiger partial charge in [-0.1, -0.05) is 30.0 Å². The second-order valence-corrected chi connectivity index (χ2v) is 8.32. The number of benzene rings is 2. The maximum absolute atomic E-state index is 12.8. The summed E-state index contributed by atoms with van der Waals surface area (Å²) in [7, 11) is 1.62. The zero-order chi connectivity index (χ0) is 22.5. The largest absolute Gasteiger partial charge is 0.496 e. The van der Waals surface area contributed by atoms with Crippen LogP contribution in [0.25, 0.3) is 11.4 Å². The van der Waals surface area contributed by atoms with Crippen molar-refractivity contribution in [3.8, 4) is 28.6 Å².